The Morgan fingerprint density at radius 3 is 1.48 bits per heavy atom. The van der Waals surface area contributed by atoms with Gasteiger partial charge in [-0.2, -0.15) is 0 Å². The number of thiocarbonyl (C=S) groups is 2. The van der Waals surface area contributed by atoms with Crippen LogP contribution in [0, 0.1) is 0 Å². The van der Waals surface area contributed by atoms with Crippen LogP contribution in [0.1, 0.15) is 24.0 Å². The number of hydrogen-bond donors (Lipinski definition) is 2. The highest BCUT2D eigenvalue weighted by atomic mass is 35.5. The second-order valence-corrected chi connectivity index (χ2v) is 13.1. The Morgan fingerprint density at radius 1 is 0.714 bits per heavy atom. The Labute approximate surface area is 272 Å². The summed E-state index contributed by atoms with van der Waals surface area (Å²) in [5.41, 5.74) is 1.42. The molecule has 0 atom stereocenters. The standard InChI is InChI=1S/C28H24Cl2N4O4S4/c29-19-7-3-1-5-17(19)15-21-25(37)33(27(39)41-21)13-9-23(35)31-11-12-32-24(36)10-14-34-26(38)22(42-28(34)40)16-18-6-2-4-8-20(18)30/h1-8,15-16H,9-14H2,(H,31,35)(H,32,36)/b21-15-,22-16+. The first kappa shape index (κ1) is 32.2. The van der Waals surface area contributed by atoms with Crippen molar-refractivity contribution in [2.45, 2.75) is 12.8 Å². The second kappa shape index (κ2) is 15.1. The minimum Gasteiger partial charge on any atom is -0.354 e. The SMILES string of the molecule is O=C(CCN1C(=O)/C(=C/c2ccccc2Cl)SC1=S)NCCNC(=O)CCN1C(=O)/C(=C\c2ccccc2Cl)SC1=S. The lowest BCUT2D eigenvalue weighted by Gasteiger charge is -2.15. The molecule has 4 rings (SSSR count). The molecule has 0 unspecified atom stereocenters. The van der Waals surface area contributed by atoms with E-state index >= 15 is 0 Å². The van der Waals surface area contributed by atoms with Gasteiger partial charge in [0.2, 0.25) is 11.8 Å². The van der Waals surface area contributed by atoms with Crippen LogP contribution in [0.5, 0.6) is 0 Å². The highest BCUT2D eigenvalue weighted by molar-refractivity contribution is 8.27. The maximum atomic E-state index is 12.8. The summed E-state index contributed by atoms with van der Waals surface area (Å²) >= 11 is 25.3. The van der Waals surface area contributed by atoms with Crippen molar-refractivity contribution in [1.29, 1.82) is 0 Å². The zero-order valence-corrected chi connectivity index (χ0v) is 26.7. The fourth-order valence-electron chi connectivity index (χ4n) is 3.86. The second-order valence-electron chi connectivity index (χ2n) is 8.91. The van der Waals surface area contributed by atoms with Gasteiger partial charge in [-0.05, 0) is 35.4 Å². The van der Waals surface area contributed by atoms with Crippen LogP contribution in [-0.4, -0.2) is 68.2 Å². The van der Waals surface area contributed by atoms with Gasteiger partial charge in [0.15, 0.2) is 0 Å². The molecule has 2 aliphatic rings. The highest BCUT2D eigenvalue weighted by Gasteiger charge is 2.33. The summed E-state index contributed by atoms with van der Waals surface area (Å²) in [5, 5.41) is 6.48. The molecule has 0 spiro atoms. The number of rotatable bonds is 11. The lowest BCUT2D eigenvalue weighted by molar-refractivity contribution is -0.126. The molecule has 14 heteroatoms. The van der Waals surface area contributed by atoms with Crippen molar-refractivity contribution in [3.63, 3.8) is 0 Å². The molecule has 2 aromatic carbocycles. The van der Waals surface area contributed by atoms with Gasteiger partial charge in [0.05, 0.1) is 9.81 Å². The Kier molecular flexibility index (Phi) is 11.6. The summed E-state index contributed by atoms with van der Waals surface area (Å²) in [6.07, 6.45) is 3.48. The lowest BCUT2D eigenvalue weighted by Crippen LogP contribution is -2.38. The molecule has 2 saturated heterocycles. The van der Waals surface area contributed by atoms with Crippen molar-refractivity contribution < 1.29 is 19.2 Å². The molecule has 0 aromatic heterocycles. The number of thioether (sulfide) groups is 2. The van der Waals surface area contributed by atoms with Crippen molar-refractivity contribution in [2.24, 2.45) is 0 Å². The van der Waals surface area contributed by atoms with E-state index in [2.05, 4.69) is 10.6 Å². The van der Waals surface area contributed by atoms with Crippen molar-refractivity contribution >= 4 is 116 Å². The van der Waals surface area contributed by atoms with Gasteiger partial charge < -0.3 is 10.6 Å². The van der Waals surface area contributed by atoms with E-state index in [1.54, 1.807) is 48.6 Å². The summed E-state index contributed by atoms with van der Waals surface area (Å²) < 4.78 is 0.749. The van der Waals surface area contributed by atoms with Gasteiger partial charge >= 0.3 is 0 Å². The van der Waals surface area contributed by atoms with Crippen LogP contribution < -0.4 is 10.6 Å². The molecule has 2 aliphatic heterocycles. The first-order chi connectivity index (χ1) is 20.1. The third-order valence-corrected chi connectivity index (χ3v) is 9.47. The molecule has 2 fully saturated rings. The molecular weight excluding hydrogens is 656 g/mol. The minimum atomic E-state index is -0.281. The van der Waals surface area contributed by atoms with Crippen LogP contribution >= 0.6 is 71.2 Å². The van der Waals surface area contributed by atoms with E-state index in [9.17, 15) is 19.2 Å². The molecule has 8 nitrogen and oxygen atoms in total. The lowest BCUT2D eigenvalue weighted by atomic mass is 10.2. The first-order valence-corrected chi connectivity index (χ1v) is 15.9. The summed E-state index contributed by atoms with van der Waals surface area (Å²) in [5.74, 6) is -1.11. The zero-order valence-electron chi connectivity index (χ0n) is 21.9. The third kappa shape index (κ3) is 8.42. The van der Waals surface area contributed by atoms with Gasteiger partial charge in [-0.15, -0.1) is 0 Å². The van der Waals surface area contributed by atoms with Crippen LogP contribution in [0.25, 0.3) is 12.2 Å². The van der Waals surface area contributed by atoms with E-state index in [0.29, 0.717) is 39.6 Å². The third-order valence-electron chi connectivity index (χ3n) is 6.03. The Balaban J connectivity index is 1.15. The largest absolute Gasteiger partial charge is 0.354 e. The molecule has 2 heterocycles. The quantitative estimate of drug-likeness (QED) is 0.192. The zero-order chi connectivity index (χ0) is 30.2. The number of nitrogens with one attached hydrogen (secondary N) is 2. The molecule has 0 radical (unpaired) electrons. The van der Waals surface area contributed by atoms with Crippen LogP contribution in [-0.2, 0) is 19.2 Å². The summed E-state index contributed by atoms with van der Waals surface area (Å²) in [6, 6.07) is 14.3. The van der Waals surface area contributed by atoms with E-state index < -0.39 is 0 Å². The maximum absolute atomic E-state index is 12.8. The van der Waals surface area contributed by atoms with Gasteiger partial charge in [0.25, 0.3) is 11.8 Å². The average molecular weight is 680 g/mol. The molecular formula is C28H24Cl2N4O4S4. The van der Waals surface area contributed by atoms with E-state index in [4.69, 9.17) is 47.6 Å². The number of hydrogen-bond acceptors (Lipinski definition) is 8. The molecule has 218 valence electrons. The number of halogens is 2. The van der Waals surface area contributed by atoms with Crippen LogP contribution in [0.2, 0.25) is 10.0 Å². The molecule has 4 amide bonds. The van der Waals surface area contributed by atoms with Gasteiger partial charge in [0.1, 0.15) is 8.64 Å². The highest BCUT2D eigenvalue weighted by Crippen LogP contribution is 2.35. The molecule has 2 N–H and O–H groups in total. The number of carbonyl (C=O) groups is 4. The molecule has 2 aromatic rings. The summed E-state index contributed by atoms with van der Waals surface area (Å²) in [6.45, 7) is 0.683. The van der Waals surface area contributed by atoms with Crippen LogP contribution in [0.4, 0.5) is 0 Å². The monoisotopic (exact) mass is 678 g/mol. The van der Waals surface area contributed by atoms with Crippen molar-refractivity contribution in [3.8, 4) is 0 Å². The predicted molar refractivity (Wildman–Crippen MR) is 178 cm³/mol. The predicted octanol–water partition coefficient (Wildman–Crippen LogP) is 5.11. The topological polar surface area (TPSA) is 98.8 Å². The summed E-state index contributed by atoms with van der Waals surface area (Å²) in [4.78, 5) is 53.8. The van der Waals surface area contributed by atoms with Crippen LogP contribution in [0.15, 0.2) is 58.3 Å². The first-order valence-electron chi connectivity index (χ1n) is 12.7. The van der Waals surface area contributed by atoms with Gasteiger partial charge in [0, 0.05) is 49.1 Å². The maximum Gasteiger partial charge on any atom is 0.266 e. The molecule has 0 aliphatic carbocycles. The van der Waals surface area contributed by atoms with Gasteiger partial charge in [-0.3, -0.25) is 29.0 Å². The number of carbonyl (C=O) groups excluding carboxylic acids is 4. The van der Waals surface area contributed by atoms with E-state index in [1.165, 1.54) is 33.3 Å². The molecule has 0 bridgehead atoms. The number of benzene rings is 2. The van der Waals surface area contributed by atoms with Crippen molar-refractivity contribution in [1.82, 2.24) is 20.4 Å². The Morgan fingerprint density at radius 2 is 1.10 bits per heavy atom. The van der Waals surface area contributed by atoms with E-state index in [0.717, 1.165) is 0 Å². The minimum absolute atomic E-state index is 0.0516. The molecule has 42 heavy (non-hydrogen) atoms. The molecule has 0 saturated carbocycles. The van der Waals surface area contributed by atoms with Gasteiger partial charge in [-0.25, -0.2) is 0 Å². The van der Waals surface area contributed by atoms with E-state index in [-0.39, 0.29) is 62.6 Å². The Hall–Kier alpha value is -2.74. The van der Waals surface area contributed by atoms with Gasteiger partial charge in [-0.1, -0.05) is 108 Å². The van der Waals surface area contributed by atoms with Crippen molar-refractivity contribution in [2.75, 3.05) is 26.2 Å². The normalized spacial score (nSPS) is 17.1. The number of nitrogens with zero attached hydrogens (tertiary/aromatic N) is 2. The van der Waals surface area contributed by atoms with Crippen LogP contribution in [0.3, 0.4) is 0 Å². The average Bonchev–Trinajstić information content (AvgIpc) is 3.38. The van der Waals surface area contributed by atoms with Crippen molar-refractivity contribution in [3.05, 3.63) is 79.5 Å². The van der Waals surface area contributed by atoms with E-state index in [1.807, 2.05) is 12.1 Å². The smallest absolute Gasteiger partial charge is 0.266 e. The fourth-order valence-corrected chi connectivity index (χ4v) is 6.84. The fraction of sp³-hybridized carbons (Fsp3) is 0.214. The number of amides is 4. The Bertz CT molecular complexity index is 1400. The summed E-state index contributed by atoms with van der Waals surface area (Å²) in [7, 11) is 0.